The van der Waals surface area contributed by atoms with Crippen molar-refractivity contribution in [3.8, 4) is 0 Å². The largest absolute Gasteiger partial charge is 0.461 e. The van der Waals surface area contributed by atoms with Crippen LogP contribution in [0.25, 0.3) is 0 Å². The highest BCUT2D eigenvalue weighted by Gasteiger charge is 2.05. The molecule has 0 aliphatic heterocycles. The third-order valence-corrected chi connectivity index (χ3v) is 2.77. The van der Waals surface area contributed by atoms with Crippen LogP contribution >= 0.6 is 0 Å². The van der Waals surface area contributed by atoms with Gasteiger partial charge in [-0.05, 0) is 0 Å². The predicted molar refractivity (Wildman–Crippen MR) is 77.7 cm³/mol. The summed E-state index contributed by atoms with van der Waals surface area (Å²) in [6.07, 6.45) is 1.90. The van der Waals surface area contributed by atoms with Crippen LogP contribution in [0.4, 0.5) is 0 Å². The highest BCUT2D eigenvalue weighted by molar-refractivity contribution is 5.91. The normalized spacial score (nSPS) is 10.2. The fraction of sp³-hybridized carbons (Fsp3) is 0.571. The minimum absolute atomic E-state index is 0.0394. The molecule has 22 heavy (non-hydrogen) atoms. The third kappa shape index (κ3) is 9.51. The molecular formula is C14H22N2O6. The van der Waals surface area contributed by atoms with Gasteiger partial charge in [-0.25, -0.2) is 9.59 Å². The molecule has 124 valence electrons. The summed E-state index contributed by atoms with van der Waals surface area (Å²) >= 11 is 0. The van der Waals surface area contributed by atoms with Crippen LogP contribution in [0.2, 0.25) is 0 Å². The van der Waals surface area contributed by atoms with Gasteiger partial charge in [-0.2, -0.15) is 0 Å². The summed E-state index contributed by atoms with van der Waals surface area (Å²) in [7, 11) is 3.17. The number of esters is 2. The molecule has 0 aliphatic rings. The van der Waals surface area contributed by atoms with Gasteiger partial charge in [-0.3, -0.25) is 9.59 Å². The summed E-state index contributed by atoms with van der Waals surface area (Å²) in [4.78, 5) is 47.2. The van der Waals surface area contributed by atoms with Crippen LogP contribution in [-0.4, -0.2) is 74.0 Å². The number of likely N-dealkylation sites (N-methyl/N-ethyl adjacent to an activating group) is 2. The van der Waals surface area contributed by atoms with E-state index in [4.69, 9.17) is 9.47 Å². The van der Waals surface area contributed by atoms with Crippen LogP contribution in [0.1, 0.15) is 13.8 Å². The Balaban J connectivity index is 3.89. The lowest BCUT2D eigenvalue weighted by molar-refractivity contribution is -0.142. The van der Waals surface area contributed by atoms with Gasteiger partial charge in [0.2, 0.25) is 11.8 Å². The average molecular weight is 314 g/mol. The van der Waals surface area contributed by atoms with Gasteiger partial charge in [0.05, 0.1) is 13.1 Å². The van der Waals surface area contributed by atoms with E-state index in [1.54, 1.807) is 14.1 Å². The van der Waals surface area contributed by atoms with Gasteiger partial charge >= 0.3 is 11.9 Å². The van der Waals surface area contributed by atoms with Crippen LogP contribution < -0.4 is 0 Å². The summed E-state index contributed by atoms with van der Waals surface area (Å²) in [5, 5.41) is 0. The van der Waals surface area contributed by atoms with Crippen LogP contribution in [0.3, 0.4) is 0 Å². The predicted octanol–water partition coefficient (Wildman–Crippen LogP) is -0.414. The zero-order chi connectivity index (χ0) is 17.1. The Bertz CT molecular complexity index is 407. The topological polar surface area (TPSA) is 93.2 Å². The second kappa shape index (κ2) is 10.4. The first-order valence-corrected chi connectivity index (χ1v) is 6.69. The number of ether oxygens (including phenoxy) is 2. The second-order valence-corrected chi connectivity index (χ2v) is 4.55. The van der Waals surface area contributed by atoms with E-state index in [0.717, 1.165) is 12.2 Å². The summed E-state index contributed by atoms with van der Waals surface area (Å²) in [5.74, 6) is -1.67. The molecule has 0 heterocycles. The first-order valence-electron chi connectivity index (χ1n) is 6.69. The van der Waals surface area contributed by atoms with E-state index in [9.17, 15) is 19.2 Å². The molecule has 0 atom stereocenters. The van der Waals surface area contributed by atoms with E-state index in [1.807, 2.05) is 0 Å². The summed E-state index contributed by atoms with van der Waals surface area (Å²) in [5.41, 5.74) is 0. The zero-order valence-electron chi connectivity index (χ0n) is 13.3. The molecule has 0 aromatic heterocycles. The van der Waals surface area contributed by atoms with Crippen molar-refractivity contribution in [1.29, 1.82) is 0 Å². The number of rotatable bonds is 8. The lowest BCUT2D eigenvalue weighted by atomic mass is 10.5. The Labute approximate surface area is 129 Å². The van der Waals surface area contributed by atoms with Crippen molar-refractivity contribution >= 4 is 23.8 Å². The number of carbonyl (C=O) groups is 4. The summed E-state index contributed by atoms with van der Waals surface area (Å²) < 4.78 is 9.61. The molecule has 8 nitrogen and oxygen atoms in total. The first-order chi connectivity index (χ1) is 10.2. The smallest absolute Gasteiger partial charge is 0.331 e. The fourth-order valence-electron chi connectivity index (χ4n) is 1.11. The fourth-order valence-corrected chi connectivity index (χ4v) is 1.11. The molecule has 0 radical (unpaired) electrons. The summed E-state index contributed by atoms with van der Waals surface area (Å²) in [6, 6.07) is 0. The van der Waals surface area contributed by atoms with Crippen LogP contribution in [0, 0.1) is 0 Å². The summed E-state index contributed by atoms with van der Waals surface area (Å²) in [6.45, 7) is 3.44. The number of nitrogens with zero attached hydrogens (tertiary/aromatic N) is 2. The van der Waals surface area contributed by atoms with Gasteiger partial charge in [-0.1, -0.05) is 0 Å². The van der Waals surface area contributed by atoms with Crippen molar-refractivity contribution in [2.45, 2.75) is 13.8 Å². The molecule has 0 fully saturated rings. The van der Waals surface area contributed by atoms with E-state index in [-0.39, 0.29) is 38.1 Å². The lowest BCUT2D eigenvalue weighted by Gasteiger charge is -2.14. The number of carbonyl (C=O) groups excluding carboxylic acids is 4. The zero-order valence-corrected chi connectivity index (χ0v) is 13.3. The van der Waals surface area contributed by atoms with Crippen LogP contribution in [0.15, 0.2) is 12.2 Å². The Hall–Kier alpha value is -2.38. The number of hydrogen-bond acceptors (Lipinski definition) is 6. The lowest BCUT2D eigenvalue weighted by Crippen LogP contribution is -2.28. The number of hydrogen-bond donors (Lipinski definition) is 0. The maximum Gasteiger partial charge on any atom is 0.331 e. The van der Waals surface area contributed by atoms with Gasteiger partial charge in [0.1, 0.15) is 13.2 Å². The van der Waals surface area contributed by atoms with Gasteiger partial charge in [0, 0.05) is 40.1 Å². The highest BCUT2D eigenvalue weighted by atomic mass is 16.5. The first kappa shape index (κ1) is 19.6. The molecule has 0 unspecified atom stereocenters. The maximum absolute atomic E-state index is 11.3. The van der Waals surface area contributed by atoms with E-state index >= 15 is 0 Å². The third-order valence-electron chi connectivity index (χ3n) is 2.77. The molecule has 0 bridgehead atoms. The van der Waals surface area contributed by atoms with Crippen LogP contribution in [-0.2, 0) is 28.7 Å². The second-order valence-electron chi connectivity index (χ2n) is 4.55. The van der Waals surface area contributed by atoms with Crippen molar-refractivity contribution < 1.29 is 28.7 Å². The van der Waals surface area contributed by atoms with Gasteiger partial charge < -0.3 is 19.3 Å². The SMILES string of the molecule is CC(=O)N(C)CCOC(=O)/C=C/C(=O)OCCN(C)C(C)=O. The van der Waals surface area contributed by atoms with Crippen molar-refractivity contribution in [3.05, 3.63) is 12.2 Å². The molecule has 2 amide bonds. The molecule has 0 rings (SSSR count). The maximum atomic E-state index is 11.3. The number of amides is 2. The highest BCUT2D eigenvalue weighted by Crippen LogP contribution is 1.90. The Morgan fingerprint density at radius 3 is 1.36 bits per heavy atom. The molecule has 0 aromatic carbocycles. The monoisotopic (exact) mass is 314 g/mol. The Morgan fingerprint density at radius 1 is 0.773 bits per heavy atom. The minimum Gasteiger partial charge on any atom is -0.461 e. The molecule has 0 spiro atoms. The van der Waals surface area contributed by atoms with E-state index < -0.39 is 11.9 Å². The van der Waals surface area contributed by atoms with Crippen molar-refractivity contribution in [3.63, 3.8) is 0 Å². The van der Waals surface area contributed by atoms with Crippen molar-refractivity contribution in [2.75, 3.05) is 40.4 Å². The quantitative estimate of drug-likeness (QED) is 0.446. The molecule has 0 saturated heterocycles. The van der Waals surface area contributed by atoms with Gasteiger partial charge in [0.15, 0.2) is 0 Å². The van der Waals surface area contributed by atoms with E-state index in [2.05, 4.69) is 0 Å². The minimum atomic E-state index is -0.699. The average Bonchev–Trinajstić information content (AvgIpc) is 2.44. The van der Waals surface area contributed by atoms with Crippen molar-refractivity contribution in [2.24, 2.45) is 0 Å². The Morgan fingerprint density at radius 2 is 1.09 bits per heavy atom. The van der Waals surface area contributed by atoms with Crippen LogP contribution in [0.5, 0.6) is 0 Å². The molecule has 0 N–H and O–H groups in total. The molecule has 0 saturated carbocycles. The Kier molecular flexibility index (Phi) is 9.24. The molecule has 8 heteroatoms. The van der Waals surface area contributed by atoms with E-state index in [1.165, 1.54) is 23.6 Å². The van der Waals surface area contributed by atoms with Gasteiger partial charge in [0.25, 0.3) is 0 Å². The molecule has 0 aromatic rings. The molecular weight excluding hydrogens is 292 g/mol. The molecule has 0 aliphatic carbocycles. The van der Waals surface area contributed by atoms with E-state index in [0.29, 0.717) is 0 Å². The van der Waals surface area contributed by atoms with Gasteiger partial charge in [-0.15, -0.1) is 0 Å². The van der Waals surface area contributed by atoms with Crippen molar-refractivity contribution in [1.82, 2.24) is 9.80 Å². The standard InChI is InChI=1S/C14H22N2O6/c1-11(17)15(3)7-9-21-13(19)5-6-14(20)22-10-8-16(4)12(2)18/h5-6H,7-10H2,1-4H3/b6-5+.